The van der Waals surface area contributed by atoms with E-state index in [-0.39, 0.29) is 12.6 Å². The maximum atomic E-state index is 14.6. The van der Waals surface area contributed by atoms with E-state index in [4.69, 9.17) is 14.6 Å². The first-order valence-corrected chi connectivity index (χ1v) is 6.27. The smallest absolute Gasteiger partial charge is 0.301 e. The summed E-state index contributed by atoms with van der Waals surface area (Å²) in [6, 6.07) is 1.04. The number of hydrogen-bond acceptors (Lipinski definition) is 6. The molecule has 1 aliphatic rings. The van der Waals surface area contributed by atoms with Gasteiger partial charge in [0.25, 0.3) is 5.56 Å². The number of ether oxygens (including phenoxy) is 2. The van der Waals surface area contributed by atoms with Crippen LogP contribution in [0.4, 0.5) is 4.39 Å². The van der Waals surface area contributed by atoms with Crippen molar-refractivity contribution < 1.29 is 24.1 Å². The van der Waals surface area contributed by atoms with Gasteiger partial charge in [0, 0.05) is 12.3 Å². The molecule has 4 atom stereocenters. The third kappa shape index (κ3) is 2.41. The molecule has 4 unspecified atom stereocenters. The number of alkyl halides is 1. The van der Waals surface area contributed by atoms with Gasteiger partial charge in [-0.1, -0.05) is 0 Å². The van der Waals surface area contributed by atoms with E-state index in [0.29, 0.717) is 0 Å². The molecule has 1 aliphatic heterocycles. The molecule has 2 rings (SSSR count). The van der Waals surface area contributed by atoms with E-state index in [1.807, 2.05) is 0 Å². The molecule has 1 aromatic heterocycles. The van der Waals surface area contributed by atoms with E-state index in [9.17, 15) is 14.3 Å². The van der Waals surface area contributed by atoms with Crippen molar-refractivity contribution in [3.05, 3.63) is 22.6 Å². The molecule has 20 heavy (non-hydrogen) atoms. The van der Waals surface area contributed by atoms with Crippen LogP contribution in [0.25, 0.3) is 0 Å². The number of nitrogens with zero attached hydrogens (tertiary/aromatic N) is 2. The van der Waals surface area contributed by atoms with Crippen LogP contribution in [0.15, 0.2) is 17.1 Å². The largest absolute Gasteiger partial charge is 0.465 e. The van der Waals surface area contributed by atoms with Crippen LogP contribution in [-0.2, 0) is 4.74 Å². The molecule has 0 aliphatic carbocycles. The zero-order valence-corrected chi connectivity index (χ0v) is 11.2. The maximum Gasteiger partial charge on any atom is 0.301 e. The summed E-state index contributed by atoms with van der Waals surface area (Å²) in [4.78, 5) is 14.9. The van der Waals surface area contributed by atoms with Gasteiger partial charge in [-0.3, -0.25) is 9.36 Å². The molecule has 2 N–H and O–H groups in total. The van der Waals surface area contributed by atoms with E-state index < -0.39 is 36.3 Å². The Morgan fingerprint density at radius 2 is 2.35 bits per heavy atom. The van der Waals surface area contributed by atoms with Gasteiger partial charge >= 0.3 is 6.01 Å². The Hall–Kier alpha value is -1.51. The van der Waals surface area contributed by atoms with Gasteiger partial charge in [0.1, 0.15) is 12.2 Å². The molecule has 0 amide bonds. The van der Waals surface area contributed by atoms with Crippen LogP contribution in [0.5, 0.6) is 6.01 Å². The average Bonchev–Trinajstić information content (AvgIpc) is 2.62. The Bertz CT molecular complexity index is 533. The minimum absolute atomic E-state index is 0.0975. The second-order valence-corrected chi connectivity index (χ2v) is 4.69. The van der Waals surface area contributed by atoms with E-state index in [1.165, 1.54) is 10.8 Å². The maximum absolute atomic E-state index is 14.6. The second kappa shape index (κ2) is 5.47. The molecule has 1 saturated heterocycles. The highest BCUT2D eigenvalue weighted by atomic mass is 19.1. The van der Waals surface area contributed by atoms with Gasteiger partial charge in [-0.25, -0.2) is 4.39 Å². The highest BCUT2D eigenvalue weighted by Crippen LogP contribution is 2.42. The van der Waals surface area contributed by atoms with Crippen molar-refractivity contribution >= 4 is 0 Å². The lowest BCUT2D eigenvalue weighted by Crippen LogP contribution is -2.40. The van der Waals surface area contributed by atoms with Crippen LogP contribution in [0, 0.1) is 0 Å². The molecule has 0 bridgehead atoms. The van der Waals surface area contributed by atoms with Gasteiger partial charge in [-0.05, 0) is 13.8 Å². The minimum Gasteiger partial charge on any atom is -0.465 e. The monoisotopic (exact) mass is 288 g/mol. The van der Waals surface area contributed by atoms with Crippen LogP contribution >= 0.6 is 0 Å². The lowest BCUT2D eigenvalue weighted by atomic mass is 9.98. The first-order chi connectivity index (χ1) is 9.41. The van der Waals surface area contributed by atoms with Crippen molar-refractivity contribution in [2.45, 2.75) is 38.0 Å². The highest BCUT2D eigenvalue weighted by Gasteiger charge is 2.55. The van der Waals surface area contributed by atoms with Gasteiger partial charge in [-0.2, -0.15) is 4.98 Å². The molecular weight excluding hydrogens is 271 g/mol. The molecule has 1 aromatic rings. The first-order valence-electron chi connectivity index (χ1n) is 6.27. The molecule has 2 heterocycles. The Balaban J connectivity index is 2.43. The van der Waals surface area contributed by atoms with Crippen LogP contribution < -0.4 is 10.3 Å². The summed E-state index contributed by atoms with van der Waals surface area (Å²) in [7, 11) is 0. The molecule has 112 valence electrons. The van der Waals surface area contributed by atoms with Crippen molar-refractivity contribution in [2.75, 3.05) is 13.2 Å². The second-order valence-electron chi connectivity index (χ2n) is 4.69. The summed E-state index contributed by atoms with van der Waals surface area (Å²) in [6.07, 6.45) is -2.51. The third-order valence-electron chi connectivity index (χ3n) is 3.23. The van der Waals surface area contributed by atoms with E-state index in [0.717, 1.165) is 13.0 Å². The quantitative estimate of drug-likeness (QED) is 0.784. The van der Waals surface area contributed by atoms with Crippen molar-refractivity contribution in [3.8, 4) is 6.01 Å². The third-order valence-corrected chi connectivity index (χ3v) is 3.23. The van der Waals surface area contributed by atoms with Crippen molar-refractivity contribution in [1.29, 1.82) is 0 Å². The summed E-state index contributed by atoms with van der Waals surface area (Å²) in [5, 5.41) is 18.9. The number of aliphatic hydroxyl groups is 2. The average molecular weight is 288 g/mol. The van der Waals surface area contributed by atoms with Crippen LogP contribution in [0.3, 0.4) is 0 Å². The zero-order valence-electron chi connectivity index (χ0n) is 11.2. The van der Waals surface area contributed by atoms with Gasteiger partial charge < -0.3 is 19.7 Å². The predicted molar refractivity (Wildman–Crippen MR) is 66.2 cm³/mol. The molecule has 1 fully saturated rings. The minimum atomic E-state index is -2.16. The topological polar surface area (TPSA) is 93.8 Å². The molecule has 0 aromatic carbocycles. The summed E-state index contributed by atoms with van der Waals surface area (Å²) in [5.41, 5.74) is -2.68. The summed E-state index contributed by atoms with van der Waals surface area (Å²) in [6.45, 7) is 2.57. The molecule has 7 nitrogen and oxygen atoms in total. The Kier molecular flexibility index (Phi) is 4.07. The van der Waals surface area contributed by atoms with E-state index in [2.05, 4.69) is 4.98 Å². The van der Waals surface area contributed by atoms with Gasteiger partial charge in [0.05, 0.1) is 13.2 Å². The van der Waals surface area contributed by atoms with Gasteiger partial charge in [0.15, 0.2) is 11.9 Å². The summed E-state index contributed by atoms with van der Waals surface area (Å²) in [5.74, 6) is 0. The Labute approximate surface area is 114 Å². The normalized spacial score (nSPS) is 33.4. The molecule has 0 saturated carbocycles. The zero-order chi connectivity index (χ0) is 14.9. The molecular formula is C12H17FN2O5. The fourth-order valence-electron chi connectivity index (χ4n) is 2.17. The number of rotatable bonds is 4. The van der Waals surface area contributed by atoms with E-state index in [1.54, 1.807) is 6.92 Å². The number of halogens is 1. The fraction of sp³-hybridized carbons (Fsp3) is 0.667. The molecule has 0 spiro atoms. The van der Waals surface area contributed by atoms with Crippen molar-refractivity contribution in [2.24, 2.45) is 0 Å². The van der Waals surface area contributed by atoms with Crippen LogP contribution in [0.2, 0.25) is 0 Å². The van der Waals surface area contributed by atoms with Crippen LogP contribution in [0.1, 0.15) is 20.1 Å². The first kappa shape index (κ1) is 14.9. The highest BCUT2D eigenvalue weighted by molar-refractivity contribution is 5.07. The number of aliphatic hydroxyl groups excluding tert-OH is 2. The number of hydrogen-bond donors (Lipinski definition) is 2. The van der Waals surface area contributed by atoms with Crippen molar-refractivity contribution in [3.63, 3.8) is 0 Å². The Morgan fingerprint density at radius 3 is 2.90 bits per heavy atom. The Morgan fingerprint density at radius 1 is 1.65 bits per heavy atom. The lowest BCUT2D eigenvalue weighted by molar-refractivity contribution is -0.0632. The SMILES string of the molecule is CCOc1nc(=O)ccn1C1OC(CO)C(O)C1(C)F. The number of aromatic nitrogens is 2. The predicted octanol–water partition coefficient (Wildman–Crippen LogP) is -0.379. The standard InChI is InChI=1S/C12H17FN2O5/c1-3-19-11-14-8(17)4-5-15(11)10-12(2,13)9(18)7(6-16)20-10/h4-5,7,9-10,16,18H,3,6H2,1-2H3. The van der Waals surface area contributed by atoms with Gasteiger partial charge in [-0.15, -0.1) is 0 Å². The molecule has 8 heteroatoms. The van der Waals surface area contributed by atoms with Gasteiger partial charge in [0.2, 0.25) is 0 Å². The van der Waals surface area contributed by atoms with E-state index >= 15 is 0 Å². The fourth-order valence-corrected chi connectivity index (χ4v) is 2.17. The van der Waals surface area contributed by atoms with Crippen molar-refractivity contribution in [1.82, 2.24) is 9.55 Å². The summed E-state index contributed by atoms with van der Waals surface area (Å²) >= 11 is 0. The van der Waals surface area contributed by atoms with Crippen LogP contribution in [-0.4, -0.2) is 50.9 Å². The lowest BCUT2D eigenvalue weighted by Gasteiger charge is -2.26. The summed E-state index contributed by atoms with van der Waals surface area (Å²) < 4.78 is 26.3. The molecule has 0 radical (unpaired) electrons.